The second-order valence-corrected chi connectivity index (χ2v) is 6.09. The minimum Gasteiger partial charge on any atom is -0.495 e. The number of amides is 1. The van der Waals surface area contributed by atoms with Crippen molar-refractivity contribution in [3.8, 4) is 11.5 Å². The first-order valence-electron chi connectivity index (χ1n) is 8.56. The molecule has 2 aromatic carbocycles. The fourth-order valence-corrected chi connectivity index (χ4v) is 2.65. The van der Waals surface area contributed by atoms with E-state index in [2.05, 4.69) is 20.6 Å². The molecule has 3 rings (SSSR count). The molecule has 7 nitrogen and oxygen atoms in total. The maximum atomic E-state index is 12.3. The number of carbonyl (C=O) groups is 1. The summed E-state index contributed by atoms with van der Waals surface area (Å²) in [6.07, 6.45) is 2.90. The molecule has 0 aliphatic rings. The average molecular weight is 399 g/mol. The Bertz CT molecular complexity index is 947. The van der Waals surface area contributed by atoms with Gasteiger partial charge in [-0.05, 0) is 49.4 Å². The molecule has 0 aliphatic heterocycles. The van der Waals surface area contributed by atoms with Gasteiger partial charge in [0.2, 0.25) is 5.95 Å². The molecule has 0 bridgehead atoms. The summed E-state index contributed by atoms with van der Waals surface area (Å²) in [4.78, 5) is 20.7. The quantitative estimate of drug-likeness (QED) is 0.608. The van der Waals surface area contributed by atoms with Gasteiger partial charge in [0.15, 0.2) is 0 Å². The zero-order valence-electron chi connectivity index (χ0n) is 15.4. The number of aromatic nitrogens is 2. The van der Waals surface area contributed by atoms with Crippen LogP contribution in [-0.4, -0.2) is 29.6 Å². The van der Waals surface area contributed by atoms with Gasteiger partial charge in [-0.25, -0.2) is 9.97 Å². The Hall–Kier alpha value is -3.32. The summed E-state index contributed by atoms with van der Waals surface area (Å²) >= 11 is 6.07. The van der Waals surface area contributed by atoms with Gasteiger partial charge in [0.1, 0.15) is 11.5 Å². The zero-order chi connectivity index (χ0) is 19.9. The number of nitrogens with zero attached hydrogens (tertiary/aromatic N) is 2. The number of hydrogen-bond acceptors (Lipinski definition) is 6. The summed E-state index contributed by atoms with van der Waals surface area (Å²) in [7, 11) is 1.53. The van der Waals surface area contributed by atoms with Gasteiger partial charge in [-0.1, -0.05) is 11.6 Å². The van der Waals surface area contributed by atoms with Gasteiger partial charge in [-0.2, -0.15) is 0 Å². The van der Waals surface area contributed by atoms with E-state index in [-0.39, 0.29) is 5.91 Å². The van der Waals surface area contributed by atoms with Gasteiger partial charge >= 0.3 is 0 Å². The Labute approximate surface area is 167 Å². The number of halogens is 1. The second-order valence-electron chi connectivity index (χ2n) is 5.68. The van der Waals surface area contributed by atoms with Crippen molar-refractivity contribution in [1.82, 2.24) is 9.97 Å². The van der Waals surface area contributed by atoms with Crippen LogP contribution in [0.2, 0.25) is 5.02 Å². The molecule has 0 radical (unpaired) electrons. The number of ether oxygens (including phenoxy) is 2. The molecule has 3 aromatic rings. The smallest absolute Gasteiger partial charge is 0.258 e. The van der Waals surface area contributed by atoms with E-state index in [1.54, 1.807) is 18.2 Å². The highest BCUT2D eigenvalue weighted by Gasteiger charge is 2.10. The summed E-state index contributed by atoms with van der Waals surface area (Å²) in [5.74, 6) is 1.37. The fraction of sp³-hybridized carbons (Fsp3) is 0.150. The lowest BCUT2D eigenvalue weighted by Crippen LogP contribution is -2.13. The van der Waals surface area contributed by atoms with Crippen LogP contribution < -0.4 is 20.1 Å². The number of rotatable bonds is 7. The highest BCUT2D eigenvalue weighted by Crippen LogP contribution is 2.27. The first-order chi connectivity index (χ1) is 13.6. The van der Waals surface area contributed by atoms with Crippen LogP contribution >= 0.6 is 11.6 Å². The SMILES string of the molecule is CCOc1ccc(Nc2ncc(C(=O)Nc3ccc(OC)c(Cl)c3)cn2)cc1. The summed E-state index contributed by atoms with van der Waals surface area (Å²) in [6, 6.07) is 12.4. The molecule has 2 N–H and O–H groups in total. The predicted molar refractivity (Wildman–Crippen MR) is 109 cm³/mol. The van der Waals surface area contributed by atoms with E-state index in [1.807, 2.05) is 31.2 Å². The monoisotopic (exact) mass is 398 g/mol. The van der Waals surface area contributed by atoms with Crippen molar-refractivity contribution in [1.29, 1.82) is 0 Å². The molecule has 0 atom stereocenters. The predicted octanol–water partition coefficient (Wildman–Crippen LogP) is 4.53. The van der Waals surface area contributed by atoms with Crippen molar-refractivity contribution < 1.29 is 14.3 Å². The van der Waals surface area contributed by atoms with Crippen molar-refractivity contribution >= 4 is 34.8 Å². The van der Waals surface area contributed by atoms with Gasteiger partial charge in [0.05, 0.1) is 24.3 Å². The van der Waals surface area contributed by atoms with Gasteiger partial charge in [0.25, 0.3) is 5.91 Å². The molecule has 1 heterocycles. The highest BCUT2D eigenvalue weighted by atomic mass is 35.5. The van der Waals surface area contributed by atoms with E-state index >= 15 is 0 Å². The normalized spacial score (nSPS) is 10.2. The molecule has 1 amide bonds. The number of nitrogens with one attached hydrogen (secondary N) is 2. The molecule has 0 fully saturated rings. The molecular weight excluding hydrogens is 380 g/mol. The van der Waals surface area contributed by atoms with E-state index in [0.717, 1.165) is 11.4 Å². The van der Waals surface area contributed by atoms with E-state index in [9.17, 15) is 4.79 Å². The maximum absolute atomic E-state index is 12.3. The van der Waals surface area contributed by atoms with E-state index in [4.69, 9.17) is 21.1 Å². The topological polar surface area (TPSA) is 85.4 Å². The second kappa shape index (κ2) is 9.05. The van der Waals surface area contributed by atoms with Crippen molar-refractivity contribution in [2.75, 3.05) is 24.4 Å². The van der Waals surface area contributed by atoms with Crippen LogP contribution in [0.15, 0.2) is 54.9 Å². The summed E-state index contributed by atoms with van der Waals surface area (Å²) in [5.41, 5.74) is 1.69. The lowest BCUT2D eigenvalue weighted by atomic mass is 10.2. The van der Waals surface area contributed by atoms with Crippen LogP contribution in [0, 0.1) is 0 Å². The summed E-state index contributed by atoms with van der Waals surface area (Å²) in [6.45, 7) is 2.54. The molecule has 1 aromatic heterocycles. The fourth-order valence-electron chi connectivity index (χ4n) is 2.39. The number of carbonyl (C=O) groups excluding carboxylic acids is 1. The minimum absolute atomic E-state index is 0.323. The first-order valence-corrected chi connectivity index (χ1v) is 8.93. The van der Waals surface area contributed by atoms with Crippen molar-refractivity contribution in [2.45, 2.75) is 6.92 Å². The van der Waals surface area contributed by atoms with Crippen LogP contribution in [0.4, 0.5) is 17.3 Å². The van der Waals surface area contributed by atoms with E-state index in [0.29, 0.717) is 34.6 Å². The lowest BCUT2D eigenvalue weighted by Gasteiger charge is -2.09. The van der Waals surface area contributed by atoms with E-state index < -0.39 is 0 Å². The van der Waals surface area contributed by atoms with Crippen LogP contribution in [0.1, 0.15) is 17.3 Å². The lowest BCUT2D eigenvalue weighted by molar-refractivity contribution is 0.102. The largest absolute Gasteiger partial charge is 0.495 e. The summed E-state index contributed by atoms with van der Waals surface area (Å²) in [5, 5.41) is 6.22. The van der Waals surface area contributed by atoms with E-state index in [1.165, 1.54) is 19.5 Å². The van der Waals surface area contributed by atoms with Crippen LogP contribution in [0.25, 0.3) is 0 Å². The molecule has 0 saturated heterocycles. The number of benzene rings is 2. The van der Waals surface area contributed by atoms with Crippen molar-refractivity contribution in [3.63, 3.8) is 0 Å². The van der Waals surface area contributed by atoms with Crippen molar-refractivity contribution in [2.24, 2.45) is 0 Å². The van der Waals surface area contributed by atoms with Gasteiger partial charge in [0, 0.05) is 23.8 Å². The number of methoxy groups -OCH3 is 1. The van der Waals surface area contributed by atoms with Crippen molar-refractivity contribution in [3.05, 3.63) is 65.4 Å². The van der Waals surface area contributed by atoms with Gasteiger partial charge in [-0.15, -0.1) is 0 Å². The first kappa shape index (κ1) is 19.4. The van der Waals surface area contributed by atoms with Crippen LogP contribution in [0.5, 0.6) is 11.5 Å². The standard InChI is InChI=1S/C20H19ClN4O3/c1-3-28-16-7-4-14(5-8-16)25-20-22-11-13(12-23-20)19(26)24-15-6-9-18(27-2)17(21)10-15/h4-12H,3H2,1-2H3,(H,24,26)(H,22,23,25). The molecule has 0 aliphatic carbocycles. The Morgan fingerprint density at radius 2 is 1.75 bits per heavy atom. The third-order valence-corrected chi connectivity index (χ3v) is 4.04. The van der Waals surface area contributed by atoms with Crippen LogP contribution in [0.3, 0.4) is 0 Å². The molecule has 0 saturated carbocycles. The minimum atomic E-state index is -0.339. The average Bonchev–Trinajstić information content (AvgIpc) is 2.70. The molecule has 0 spiro atoms. The van der Waals surface area contributed by atoms with Gasteiger partial charge in [-0.3, -0.25) is 4.79 Å². The molecule has 144 valence electrons. The molecule has 0 unspecified atom stereocenters. The third-order valence-electron chi connectivity index (χ3n) is 3.75. The Morgan fingerprint density at radius 1 is 1.07 bits per heavy atom. The molecule has 28 heavy (non-hydrogen) atoms. The maximum Gasteiger partial charge on any atom is 0.258 e. The Kier molecular flexibility index (Phi) is 6.29. The van der Waals surface area contributed by atoms with Crippen LogP contribution in [-0.2, 0) is 0 Å². The number of anilines is 3. The Morgan fingerprint density at radius 3 is 2.36 bits per heavy atom. The Balaban J connectivity index is 1.63. The number of hydrogen-bond donors (Lipinski definition) is 2. The summed E-state index contributed by atoms with van der Waals surface area (Å²) < 4.78 is 10.5. The third kappa shape index (κ3) is 4.89. The zero-order valence-corrected chi connectivity index (χ0v) is 16.2. The highest BCUT2D eigenvalue weighted by molar-refractivity contribution is 6.32. The molecule has 8 heteroatoms. The molecular formula is C20H19ClN4O3. The van der Waals surface area contributed by atoms with Gasteiger partial charge < -0.3 is 20.1 Å².